The first kappa shape index (κ1) is 30.9. The van der Waals surface area contributed by atoms with Gasteiger partial charge in [0.05, 0.1) is 6.42 Å². The number of ether oxygens (including phenoxy) is 1. The predicted molar refractivity (Wildman–Crippen MR) is 140 cm³/mol. The lowest BCUT2D eigenvalue weighted by atomic mass is 9.95. The summed E-state index contributed by atoms with van der Waals surface area (Å²) in [4.78, 5) is 53.2. The average Bonchev–Trinajstić information content (AvgIpc) is 2.76. The van der Waals surface area contributed by atoms with Crippen LogP contribution < -0.4 is 16.4 Å². The van der Waals surface area contributed by atoms with Crippen LogP contribution in [-0.4, -0.2) is 53.4 Å². The molecule has 202 valence electrons. The summed E-state index contributed by atoms with van der Waals surface area (Å²) in [5.74, 6) is -1.63. The summed E-state index contributed by atoms with van der Waals surface area (Å²) >= 11 is 0. The van der Waals surface area contributed by atoms with Crippen LogP contribution >= 0.6 is 0 Å². The Balaban J connectivity index is 3.51. The fraction of sp³-hybridized carbons (Fsp3) is 0.630. The number of benzene rings is 1. The van der Waals surface area contributed by atoms with Crippen LogP contribution in [0.2, 0.25) is 0 Å². The third-order valence-electron chi connectivity index (χ3n) is 5.55. The highest BCUT2D eigenvalue weighted by atomic mass is 16.6. The Morgan fingerprint density at radius 1 is 1.06 bits per heavy atom. The van der Waals surface area contributed by atoms with Crippen LogP contribution in [0.25, 0.3) is 0 Å². The number of carbonyl (C=O) groups excluding carboxylic acids is 4. The van der Waals surface area contributed by atoms with Gasteiger partial charge in [0, 0.05) is 13.1 Å². The van der Waals surface area contributed by atoms with Gasteiger partial charge < -0.3 is 26.0 Å². The quantitative estimate of drug-likeness (QED) is 0.353. The van der Waals surface area contributed by atoms with Crippen molar-refractivity contribution in [2.45, 2.75) is 98.3 Å². The Bertz CT molecular complexity index is 910. The van der Waals surface area contributed by atoms with Crippen molar-refractivity contribution in [2.24, 2.45) is 5.73 Å². The van der Waals surface area contributed by atoms with E-state index in [1.54, 1.807) is 20.8 Å². The van der Waals surface area contributed by atoms with Crippen LogP contribution in [0.3, 0.4) is 0 Å². The molecular formula is C27H44N4O5. The second-order valence-corrected chi connectivity index (χ2v) is 10.2. The zero-order chi connectivity index (χ0) is 27.5. The van der Waals surface area contributed by atoms with Gasteiger partial charge in [-0.15, -0.1) is 0 Å². The minimum Gasteiger partial charge on any atom is -0.444 e. The van der Waals surface area contributed by atoms with Crippen molar-refractivity contribution in [3.8, 4) is 0 Å². The fourth-order valence-corrected chi connectivity index (χ4v) is 3.74. The number of nitrogens with two attached hydrogens (primary N) is 1. The summed E-state index contributed by atoms with van der Waals surface area (Å²) in [6.07, 6.45) is 1.86. The minimum absolute atomic E-state index is 0.264. The molecule has 9 nitrogen and oxygen atoms in total. The van der Waals surface area contributed by atoms with Crippen molar-refractivity contribution >= 4 is 23.8 Å². The first-order valence-electron chi connectivity index (χ1n) is 12.7. The Morgan fingerprint density at radius 3 is 2.25 bits per heavy atom. The van der Waals surface area contributed by atoms with Gasteiger partial charge in [-0.3, -0.25) is 14.4 Å². The Labute approximate surface area is 215 Å². The second-order valence-electron chi connectivity index (χ2n) is 10.2. The zero-order valence-electron chi connectivity index (χ0n) is 22.9. The molecule has 0 saturated carbocycles. The molecule has 0 spiro atoms. The van der Waals surface area contributed by atoms with Gasteiger partial charge >= 0.3 is 6.09 Å². The summed E-state index contributed by atoms with van der Waals surface area (Å²) in [6, 6.07) is 3.56. The smallest absolute Gasteiger partial charge is 0.408 e. The van der Waals surface area contributed by atoms with E-state index in [-0.39, 0.29) is 12.5 Å². The molecule has 2 unspecified atom stereocenters. The lowest BCUT2D eigenvalue weighted by Crippen LogP contribution is -2.54. The van der Waals surface area contributed by atoms with E-state index in [2.05, 4.69) is 10.6 Å². The summed E-state index contributed by atoms with van der Waals surface area (Å²) in [5.41, 5.74) is 7.13. The number of alkyl carbamates (subject to hydrolysis) is 1. The van der Waals surface area contributed by atoms with Crippen molar-refractivity contribution in [1.29, 1.82) is 0 Å². The zero-order valence-corrected chi connectivity index (χ0v) is 22.9. The van der Waals surface area contributed by atoms with Crippen molar-refractivity contribution in [3.05, 3.63) is 34.9 Å². The molecule has 0 fully saturated rings. The SMILES string of the molecule is CCCCNC(=O)C(c1cc(C)ccc1C)N(CCCC)C(=O)C(CC(N)=O)NC(=O)OC(C)(C)C. The lowest BCUT2D eigenvalue weighted by Gasteiger charge is -2.35. The average molecular weight is 505 g/mol. The normalized spacial score (nSPS) is 12.9. The van der Waals surface area contributed by atoms with Crippen LogP contribution in [-0.2, 0) is 19.1 Å². The van der Waals surface area contributed by atoms with Gasteiger partial charge in [-0.25, -0.2) is 4.79 Å². The molecular weight excluding hydrogens is 460 g/mol. The fourth-order valence-electron chi connectivity index (χ4n) is 3.74. The molecule has 0 heterocycles. The Hall–Kier alpha value is -3.10. The molecule has 0 saturated heterocycles. The number of amides is 4. The van der Waals surface area contributed by atoms with Crippen LogP contribution in [0.15, 0.2) is 18.2 Å². The van der Waals surface area contributed by atoms with E-state index < -0.39 is 42.0 Å². The van der Waals surface area contributed by atoms with Gasteiger partial charge in [0.1, 0.15) is 17.7 Å². The second kappa shape index (κ2) is 14.5. The van der Waals surface area contributed by atoms with Crippen molar-refractivity contribution < 1.29 is 23.9 Å². The Kier molecular flexibility index (Phi) is 12.4. The largest absolute Gasteiger partial charge is 0.444 e. The lowest BCUT2D eigenvalue weighted by molar-refractivity contribution is -0.143. The van der Waals surface area contributed by atoms with Gasteiger partial charge in [-0.2, -0.15) is 0 Å². The monoisotopic (exact) mass is 504 g/mol. The molecule has 1 aromatic rings. The van der Waals surface area contributed by atoms with E-state index in [1.807, 2.05) is 45.9 Å². The first-order valence-corrected chi connectivity index (χ1v) is 12.7. The van der Waals surface area contributed by atoms with E-state index >= 15 is 0 Å². The molecule has 0 aliphatic rings. The molecule has 4 N–H and O–H groups in total. The topological polar surface area (TPSA) is 131 Å². The number of rotatable bonds is 13. The summed E-state index contributed by atoms with van der Waals surface area (Å²) in [7, 11) is 0. The van der Waals surface area contributed by atoms with E-state index in [9.17, 15) is 19.2 Å². The molecule has 0 aliphatic carbocycles. The molecule has 1 rings (SSSR count). The molecule has 0 aromatic heterocycles. The molecule has 2 atom stereocenters. The third kappa shape index (κ3) is 10.3. The maximum absolute atomic E-state index is 13.9. The van der Waals surface area contributed by atoms with Crippen LogP contribution in [0.1, 0.15) is 89.5 Å². The van der Waals surface area contributed by atoms with E-state index in [1.165, 1.54) is 4.90 Å². The van der Waals surface area contributed by atoms with E-state index in [0.29, 0.717) is 18.5 Å². The van der Waals surface area contributed by atoms with Gasteiger partial charge in [-0.1, -0.05) is 50.5 Å². The van der Waals surface area contributed by atoms with Crippen LogP contribution in [0.4, 0.5) is 4.79 Å². The van der Waals surface area contributed by atoms with Crippen LogP contribution in [0.5, 0.6) is 0 Å². The maximum Gasteiger partial charge on any atom is 0.408 e. The van der Waals surface area contributed by atoms with Gasteiger partial charge in [0.25, 0.3) is 0 Å². The summed E-state index contributed by atoms with van der Waals surface area (Å²) in [6.45, 7) is 13.7. The van der Waals surface area contributed by atoms with Crippen molar-refractivity contribution in [3.63, 3.8) is 0 Å². The molecule has 36 heavy (non-hydrogen) atoms. The van der Waals surface area contributed by atoms with Crippen molar-refractivity contribution in [2.75, 3.05) is 13.1 Å². The number of hydrogen-bond acceptors (Lipinski definition) is 5. The summed E-state index contributed by atoms with van der Waals surface area (Å²) in [5, 5.41) is 5.46. The molecule has 0 radical (unpaired) electrons. The van der Waals surface area contributed by atoms with Crippen LogP contribution in [0, 0.1) is 13.8 Å². The van der Waals surface area contributed by atoms with Gasteiger partial charge in [0.15, 0.2) is 0 Å². The van der Waals surface area contributed by atoms with Gasteiger partial charge in [-0.05, 0) is 58.6 Å². The third-order valence-corrected chi connectivity index (χ3v) is 5.55. The standard InChI is InChI=1S/C27H44N4O5/c1-8-10-14-29-24(33)23(20-16-18(3)12-13-19(20)4)31(15-11-9-2)25(34)21(17-22(28)32)30-26(35)36-27(5,6)7/h12-13,16,21,23H,8-11,14-15,17H2,1-7H3,(H2,28,32)(H,29,33)(H,30,35). The number of nitrogens with zero attached hydrogens (tertiary/aromatic N) is 1. The predicted octanol–water partition coefficient (Wildman–Crippen LogP) is 3.66. The van der Waals surface area contributed by atoms with E-state index in [4.69, 9.17) is 10.5 Å². The molecule has 0 aliphatic heterocycles. The molecule has 4 amide bonds. The number of unbranched alkanes of at least 4 members (excludes halogenated alkanes) is 2. The number of carbonyl (C=O) groups is 4. The molecule has 9 heteroatoms. The van der Waals surface area contributed by atoms with Crippen molar-refractivity contribution in [1.82, 2.24) is 15.5 Å². The highest BCUT2D eigenvalue weighted by molar-refractivity contribution is 5.94. The number of primary amides is 1. The molecule has 1 aromatic carbocycles. The van der Waals surface area contributed by atoms with Gasteiger partial charge in [0.2, 0.25) is 17.7 Å². The number of aryl methyl sites for hydroxylation is 2. The summed E-state index contributed by atoms with van der Waals surface area (Å²) < 4.78 is 5.30. The maximum atomic E-state index is 13.9. The number of hydrogen-bond donors (Lipinski definition) is 3. The molecule has 0 bridgehead atoms. The number of nitrogens with one attached hydrogen (secondary N) is 2. The highest BCUT2D eigenvalue weighted by Gasteiger charge is 2.37. The Morgan fingerprint density at radius 2 is 1.69 bits per heavy atom. The minimum atomic E-state index is -1.27. The van der Waals surface area contributed by atoms with E-state index in [0.717, 1.165) is 30.4 Å². The first-order chi connectivity index (χ1) is 16.8. The highest BCUT2D eigenvalue weighted by Crippen LogP contribution is 2.27.